The van der Waals surface area contributed by atoms with Gasteiger partial charge in [0.2, 0.25) is 0 Å². The highest BCUT2D eigenvalue weighted by Gasteiger charge is 2.49. The van der Waals surface area contributed by atoms with Crippen LogP contribution in [-0.4, -0.2) is 22.4 Å². The zero-order valence-corrected chi connectivity index (χ0v) is 6.55. The van der Waals surface area contributed by atoms with E-state index >= 15 is 0 Å². The topological polar surface area (TPSA) is 37.3 Å². The van der Waals surface area contributed by atoms with E-state index in [1.165, 1.54) is 0 Å². The minimum atomic E-state index is -0.676. The fourth-order valence-corrected chi connectivity index (χ4v) is 2.01. The molecule has 4 unspecified atom stereocenters. The number of carbonyl (C=O) groups is 1. The van der Waals surface area contributed by atoms with Gasteiger partial charge in [0.25, 0.3) is 0 Å². The van der Waals surface area contributed by atoms with E-state index in [4.69, 9.17) is 5.11 Å². The molecule has 0 heterocycles. The fourth-order valence-electron chi connectivity index (χ4n) is 0.688. The van der Waals surface area contributed by atoms with Crippen LogP contribution >= 0.6 is 18.5 Å². The summed E-state index contributed by atoms with van der Waals surface area (Å²) in [5.74, 6) is -0.796. The van der Waals surface area contributed by atoms with Crippen molar-refractivity contribution in [2.75, 3.05) is 0 Å². The van der Waals surface area contributed by atoms with Crippen molar-refractivity contribution in [1.29, 1.82) is 0 Å². The summed E-state index contributed by atoms with van der Waals surface area (Å²) in [4.78, 5) is 10.2. The molecule has 0 amide bonds. The van der Waals surface area contributed by atoms with Crippen molar-refractivity contribution in [3.05, 3.63) is 0 Å². The molecule has 0 radical (unpaired) electrons. The van der Waals surface area contributed by atoms with Gasteiger partial charge in [0.1, 0.15) is 0 Å². The van der Waals surface area contributed by atoms with E-state index in [9.17, 15) is 4.79 Å². The van der Waals surface area contributed by atoms with Crippen LogP contribution in [0.1, 0.15) is 0 Å². The number of carboxylic acids is 1. The third kappa shape index (κ3) is 0.876. The lowest BCUT2D eigenvalue weighted by molar-refractivity contribution is -0.138. The van der Waals surface area contributed by atoms with Crippen LogP contribution in [0.3, 0.4) is 0 Å². The summed E-state index contributed by atoms with van der Waals surface area (Å²) in [6.45, 7) is 0. The van der Waals surface area contributed by atoms with Crippen molar-refractivity contribution >= 4 is 24.4 Å². The summed E-state index contributed by atoms with van der Waals surface area (Å²) in [6.07, 6.45) is 0. The van der Waals surface area contributed by atoms with E-state index in [0.717, 1.165) is 0 Å². The molecule has 0 aromatic heterocycles. The maximum absolute atomic E-state index is 10.2. The van der Waals surface area contributed by atoms with Gasteiger partial charge in [-0.05, 0) is 11.3 Å². The number of carboxylic acid groups (broad SMARTS) is 1. The monoisotopic (exact) mass is 150 g/mol. The molecular formula is C4H8O2P2. The Morgan fingerprint density at radius 1 is 1.38 bits per heavy atom. The average molecular weight is 150 g/mol. The predicted octanol–water partition coefficient (Wildman–Crippen LogP) is 0.188. The molecule has 1 aliphatic rings. The molecule has 46 valence electrons. The van der Waals surface area contributed by atoms with Gasteiger partial charge < -0.3 is 5.11 Å². The number of aliphatic carboxylic acids is 1. The normalized spacial score (nSPS) is 44.0. The molecule has 0 spiro atoms. The van der Waals surface area contributed by atoms with Crippen molar-refractivity contribution in [3.63, 3.8) is 0 Å². The first-order valence-electron chi connectivity index (χ1n) is 2.38. The summed E-state index contributed by atoms with van der Waals surface area (Å²) in [7, 11) is 5.03. The first-order valence-corrected chi connectivity index (χ1v) is 3.72. The van der Waals surface area contributed by atoms with Gasteiger partial charge in [-0.25, -0.2) is 0 Å². The van der Waals surface area contributed by atoms with Gasteiger partial charge in [0, 0.05) is 0 Å². The van der Waals surface area contributed by atoms with Gasteiger partial charge in [-0.3, -0.25) is 4.79 Å². The standard InChI is InChI=1S/C4H8O2P2/c5-4(6)1-2(7)3(1)8/h1-3H,7-8H2,(H,5,6). The molecule has 1 saturated carbocycles. The second-order valence-corrected chi connectivity index (χ2v) is 3.56. The highest BCUT2D eigenvalue weighted by atomic mass is 31.0. The van der Waals surface area contributed by atoms with E-state index in [1.54, 1.807) is 0 Å². The lowest BCUT2D eigenvalue weighted by Gasteiger charge is -1.80. The molecule has 1 aliphatic carbocycles. The first-order chi connectivity index (χ1) is 3.64. The Bertz CT molecular complexity index is 117. The Labute approximate surface area is 52.4 Å². The number of rotatable bonds is 1. The summed E-state index contributed by atoms with van der Waals surface area (Å²) >= 11 is 0. The van der Waals surface area contributed by atoms with Crippen molar-refractivity contribution < 1.29 is 9.90 Å². The number of hydrogen-bond acceptors (Lipinski definition) is 1. The summed E-state index contributed by atoms with van der Waals surface area (Å²) in [6, 6.07) is 0. The van der Waals surface area contributed by atoms with Crippen molar-refractivity contribution in [3.8, 4) is 0 Å². The third-order valence-electron chi connectivity index (χ3n) is 1.42. The largest absolute Gasteiger partial charge is 0.481 e. The Balaban J connectivity index is 2.44. The molecule has 0 saturated heterocycles. The molecule has 8 heavy (non-hydrogen) atoms. The molecule has 1 rings (SSSR count). The minimum absolute atomic E-state index is 0.120. The average Bonchev–Trinajstić information content (AvgIpc) is 2.15. The van der Waals surface area contributed by atoms with E-state index in [0.29, 0.717) is 0 Å². The number of hydrogen-bond donors (Lipinski definition) is 1. The summed E-state index contributed by atoms with van der Waals surface area (Å²) < 4.78 is 0. The van der Waals surface area contributed by atoms with E-state index < -0.39 is 5.97 Å². The molecule has 2 nitrogen and oxygen atoms in total. The maximum atomic E-state index is 10.2. The Hall–Kier alpha value is 0.330. The second kappa shape index (κ2) is 1.93. The van der Waals surface area contributed by atoms with Crippen molar-refractivity contribution in [2.45, 2.75) is 11.3 Å². The van der Waals surface area contributed by atoms with Crippen LogP contribution in [0.5, 0.6) is 0 Å². The van der Waals surface area contributed by atoms with Crippen molar-refractivity contribution in [1.82, 2.24) is 0 Å². The van der Waals surface area contributed by atoms with Gasteiger partial charge in [-0.1, -0.05) is 0 Å². The van der Waals surface area contributed by atoms with Crippen LogP contribution in [0.2, 0.25) is 0 Å². The fraction of sp³-hybridized carbons (Fsp3) is 0.750. The Morgan fingerprint density at radius 2 is 1.75 bits per heavy atom. The molecule has 0 aliphatic heterocycles. The van der Waals surface area contributed by atoms with Gasteiger partial charge >= 0.3 is 5.97 Å². The molecule has 0 aromatic rings. The maximum Gasteiger partial charge on any atom is 0.307 e. The van der Waals surface area contributed by atoms with Gasteiger partial charge in [-0.15, -0.1) is 18.5 Å². The van der Waals surface area contributed by atoms with Crippen LogP contribution in [0.15, 0.2) is 0 Å². The Kier molecular flexibility index (Phi) is 1.56. The molecule has 4 atom stereocenters. The summed E-state index contributed by atoms with van der Waals surface area (Å²) in [5.41, 5.74) is 0.579. The highest BCUT2D eigenvalue weighted by molar-refractivity contribution is 7.25. The van der Waals surface area contributed by atoms with E-state index in [1.807, 2.05) is 0 Å². The van der Waals surface area contributed by atoms with Gasteiger partial charge in [-0.2, -0.15) is 0 Å². The molecule has 1 fully saturated rings. The predicted molar refractivity (Wildman–Crippen MR) is 38.1 cm³/mol. The first kappa shape index (κ1) is 6.45. The van der Waals surface area contributed by atoms with Gasteiger partial charge in [0.05, 0.1) is 5.92 Å². The lowest BCUT2D eigenvalue weighted by atomic mass is 10.4. The third-order valence-corrected chi connectivity index (χ3v) is 3.58. The molecule has 1 N–H and O–H groups in total. The smallest absolute Gasteiger partial charge is 0.307 e. The minimum Gasteiger partial charge on any atom is -0.481 e. The van der Waals surface area contributed by atoms with Crippen LogP contribution < -0.4 is 0 Å². The van der Waals surface area contributed by atoms with Gasteiger partial charge in [0.15, 0.2) is 0 Å². The zero-order chi connectivity index (χ0) is 6.31. The van der Waals surface area contributed by atoms with Crippen LogP contribution in [0, 0.1) is 5.92 Å². The summed E-state index contributed by atoms with van der Waals surface area (Å²) in [5, 5.41) is 8.37. The van der Waals surface area contributed by atoms with Crippen molar-refractivity contribution in [2.24, 2.45) is 5.92 Å². The van der Waals surface area contributed by atoms with Crippen LogP contribution in [0.25, 0.3) is 0 Å². The van der Waals surface area contributed by atoms with Crippen LogP contribution in [0.4, 0.5) is 0 Å². The highest BCUT2D eigenvalue weighted by Crippen LogP contribution is 2.44. The second-order valence-electron chi connectivity index (χ2n) is 2.02. The Morgan fingerprint density at radius 3 is 1.75 bits per heavy atom. The zero-order valence-electron chi connectivity index (χ0n) is 4.24. The van der Waals surface area contributed by atoms with Crippen LogP contribution in [-0.2, 0) is 4.79 Å². The van der Waals surface area contributed by atoms with E-state index in [-0.39, 0.29) is 17.2 Å². The van der Waals surface area contributed by atoms with E-state index in [2.05, 4.69) is 18.5 Å². The SMILES string of the molecule is O=C(O)C1C(P)C1P. The molecule has 0 aromatic carbocycles. The quantitative estimate of drug-likeness (QED) is 0.541. The molecule has 0 bridgehead atoms. The molecular weight excluding hydrogens is 142 g/mol. The molecule has 4 heteroatoms. The lowest BCUT2D eigenvalue weighted by Crippen LogP contribution is -1.99.